The number of nitrogens with zero attached hydrogens (tertiary/aromatic N) is 1. The fourth-order valence-corrected chi connectivity index (χ4v) is 3.33. The van der Waals surface area contributed by atoms with E-state index in [4.69, 9.17) is 21.1 Å². The van der Waals surface area contributed by atoms with E-state index in [1.165, 1.54) is 11.3 Å². The Hall–Kier alpha value is -2.57. The van der Waals surface area contributed by atoms with Gasteiger partial charge in [0.15, 0.2) is 11.5 Å². The number of hydrogen-bond donors (Lipinski definition) is 1. The van der Waals surface area contributed by atoms with E-state index in [1.54, 1.807) is 36.8 Å². The quantitative estimate of drug-likeness (QED) is 0.636. The minimum Gasteiger partial charge on any atom is -0.493 e. The minimum absolute atomic E-state index is 0.285. The van der Waals surface area contributed by atoms with Crippen molar-refractivity contribution in [2.75, 3.05) is 19.0 Å². The summed E-state index contributed by atoms with van der Waals surface area (Å²) >= 11 is 7.32. The highest BCUT2D eigenvalue weighted by Crippen LogP contribution is 2.33. The SMILES string of the molecule is CCOc1ccc(-c2nc(C(=O)Nc3cccc(Cl)c3)cs2)cc1OC. The van der Waals surface area contributed by atoms with Crippen LogP contribution in [0.1, 0.15) is 17.4 Å². The maximum Gasteiger partial charge on any atom is 0.275 e. The predicted octanol–water partition coefficient (Wildman–Crippen LogP) is 5.12. The smallest absolute Gasteiger partial charge is 0.275 e. The lowest BCUT2D eigenvalue weighted by molar-refractivity contribution is 0.102. The van der Waals surface area contributed by atoms with Gasteiger partial charge in [-0.25, -0.2) is 4.98 Å². The molecule has 0 spiro atoms. The maximum absolute atomic E-state index is 12.4. The Balaban J connectivity index is 1.80. The second-order valence-electron chi connectivity index (χ2n) is 5.30. The summed E-state index contributed by atoms with van der Waals surface area (Å²) in [6.07, 6.45) is 0. The van der Waals surface area contributed by atoms with Gasteiger partial charge in [0.25, 0.3) is 5.91 Å². The molecule has 0 radical (unpaired) electrons. The monoisotopic (exact) mass is 388 g/mol. The zero-order valence-corrected chi connectivity index (χ0v) is 15.9. The van der Waals surface area contributed by atoms with Gasteiger partial charge in [-0.1, -0.05) is 17.7 Å². The van der Waals surface area contributed by atoms with Crippen LogP contribution in [0.3, 0.4) is 0 Å². The van der Waals surface area contributed by atoms with Gasteiger partial charge in [0, 0.05) is 21.7 Å². The number of carbonyl (C=O) groups excluding carboxylic acids is 1. The van der Waals surface area contributed by atoms with Crippen LogP contribution in [0.25, 0.3) is 10.6 Å². The van der Waals surface area contributed by atoms with Crippen molar-refractivity contribution >= 4 is 34.5 Å². The minimum atomic E-state index is -0.285. The molecule has 7 heteroatoms. The third-order valence-electron chi connectivity index (χ3n) is 3.53. The van der Waals surface area contributed by atoms with Crippen LogP contribution in [0.15, 0.2) is 47.8 Å². The number of amides is 1. The maximum atomic E-state index is 12.4. The number of benzene rings is 2. The van der Waals surface area contributed by atoms with Crippen molar-refractivity contribution in [1.29, 1.82) is 0 Å². The molecule has 5 nitrogen and oxygen atoms in total. The zero-order valence-electron chi connectivity index (χ0n) is 14.3. The van der Waals surface area contributed by atoms with Gasteiger partial charge < -0.3 is 14.8 Å². The van der Waals surface area contributed by atoms with Crippen LogP contribution >= 0.6 is 22.9 Å². The van der Waals surface area contributed by atoms with Gasteiger partial charge in [0.1, 0.15) is 10.7 Å². The number of thiazole rings is 1. The van der Waals surface area contributed by atoms with Crippen LogP contribution < -0.4 is 14.8 Å². The largest absolute Gasteiger partial charge is 0.493 e. The molecule has 0 aliphatic heterocycles. The van der Waals surface area contributed by atoms with E-state index in [2.05, 4.69) is 10.3 Å². The first-order valence-corrected chi connectivity index (χ1v) is 9.20. The van der Waals surface area contributed by atoms with E-state index < -0.39 is 0 Å². The molecule has 3 rings (SSSR count). The van der Waals surface area contributed by atoms with Crippen molar-refractivity contribution < 1.29 is 14.3 Å². The van der Waals surface area contributed by atoms with Gasteiger partial charge in [-0.15, -0.1) is 11.3 Å². The number of rotatable bonds is 6. The second-order valence-corrected chi connectivity index (χ2v) is 6.60. The molecule has 0 bridgehead atoms. The van der Waals surface area contributed by atoms with Crippen LogP contribution in [-0.2, 0) is 0 Å². The van der Waals surface area contributed by atoms with Gasteiger partial charge >= 0.3 is 0 Å². The second kappa shape index (κ2) is 8.21. The molecule has 1 aromatic heterocycles. The standard InChI is InChI=1S/C19H17ClN2O3S/c1-3-25-16-8-7-12(9-17(16)24-2)19-22-15(11-26-19)18(23)21-14-6-4-5-13(20)10-14/h4-11H,3H2,1-2H3,(H,21,23). The average Bonchev–Trinajstić information content (AvgIpc) is 3.12. The molecule has 3 aromatic rings. The first-order valence-electron chi connectivity index (χ1n) is 7.94. The summed E-state index contributed by atoms with van der Waals surface area (Å²) in [7, 11) is 1.59. The molecule has 0 atom stereocenters. The lowest BCUT2D eigenvalue weighted by Gasteiger charge is -2.09. The van der Waals surface area contributed by atoms with E-state index in [-0.39, 0.29) is 5.91 Å². The van der Waals surface area contributed by atoms with Crippen LogP contribution in [0.2, 0.25) is 5.02 Å². The van der Waals surface area contributed by atoms with Gasteiger partial charge in [0.05, 0.1) is 13.7 Å². The Morgan fingerprint density at radius 1 is 1.23 bits per heavy atom. The third kappa shape index (κ3) is 4.15. The zero-order chi connectivity index (χ0) is 18.5. The van der Waals surface area contributed by atoms with Crippen molar-refractivity contribution in [1.82, 2.24) is 4.98 Å². The van der Waals surface area contributed by atoms with Crippen LogP contribution in [0, 0.1) is 0 Å². The number of methoxy groups -OCH3 is 1. The third-order valence-corrected chi connectivity index (χ3v) is 4.66. The highest BCUT2D eigenvalue weighted by molar-refractivity contribution is 7.13. The number of ether oxygens (including phenoxy) is 2. The van der Waals surface area contributed by atoms with Crippen molar-refractivity contribution in [3.8, 4) is 22.1 Å². The molecule has 0 unspecified atom stereocenters. The Labute approximate surface area is 160 Å². The normalized spacial score (nSPS) is 10.4. The molecular formula is C19H17ClN2O3S. The molecule has 0 aliphatic carbocycles. The molecule has 134 valence electrons. The first-order chi connectivity index (χ1) is 12.6. The Morgan fingerprint density at radius 2 is 2.08 bits per heavy atom. The summed E-state index contributed by atoms with van der Waals surface area (Å²) in [5.74, 6) is 1.02. The fourth-order valence-electron chi connectivity index (χ4n) is 2.35. The summed E-state index contributed by atoms with van der Waals surface area (Å²) in [6.45, 7) is 2.47. The lowest BCUT2D eigenvalue weighted by Crippen LogP contribution is -2.12. The van der Waals surface area contributed by atoms with Gasteiger partial charge in [0.2, 0.25) is 0 Å². The summed E-state index contributed by atoms with van der Waals surface area (Å²) in [6, 6.07) is 12.6. The summed E-state index contributed by atoms with van der Waals surface area (Å²) in [4.78, 5) is 16.8. The van der Waals surface area contributed by atoms with E-state index in [9.17, 15) is 4.79 Å². The Morgan fingerprint density at radius 3 is 2.81 bits per heavy atom. The molecule has 0 saturated heterocycles. The molecule has 26 heavy (non-hydrogen) atoms. The predicted molar refractivity (Wildman–Crippen MR) is 105 cm³/mol. The number of carbonyl (C=O) groups is 1. The van der Waals surface area contributed by atoms with Crippen molar-refractivity contribution in [3.05, 3.63) is 58.6 Å². The van der Waals surface area contributed by atoms with Crippen molar-refractivity contribution in [2.24, 2.45) is 0 Å². The summed E-state index contributed by atoms with van der Waals surface area (Å²) in [5.41, 5.74) is 1.83. The number of aromatic nitrogens is 1. The van der Waals surface area contributed by atoms with Crippen molar-refractivity contribution in [3.63, 3.8) is 0 Å². The van der Waals surface area contributed by atoms with Gasteiger partial charge in [-0.3, -0.25) is 4.79 Å². The molecule has 2 aromatic carbocycles. The number of anilines is 1. The van der Waals surface area contributed by atoms with Crippen molar-refractivity contribution in [2.45, 2.75) is 6.92 Å². The van der Waals surface area contributed by atoms with Gasteiger partial charge in [-0.2, -0.15) is 0 Å². The number of hydrogen-bond acceptors (Lipinski definition) is 5. The fraction of sp³-hybridized carbons (Fsp3) is 0.158. The summed E-state index contributed by atoms with van der Waals surface area (Å²) < 4.78 is 10.9. The molecule has 1 N–H and O–H groups in total. The van der Waals surface area contributed by atoms with Crippen LogP contribution in [0.5, 0.6) is 11.5 Å². The van der Waals surface area contributed by atoms with E-state index in [1.807, 2.05) is 25.1 Å². The first kappa shape index (κ1) is 18.2. The van der Waals surface area contributed by atoms with E-state index in [0.29, 0.717) is 34.5 Å². The number of halogens is 1. The lowest BCUT2D eigenvalue weighted by atomic mass is 10.2. The van der Waals surface area contributed by atoms with E-state index in [0.717, 1.165) is 10.6 Å². The average molecular weight is 389 g/mol. The van der Waals surface area contributed by atoms with E-state index >= 15 is 0 Å². The topological polar surface area (TPSA) is 60.5 Å². The Bertz CT molecular complexity index is 927. The molecule has 0 fully saturated rings. The highest BCUT2D eigenvalue weighted by Gasteiger charge is 2.14. The molecule has 0 saturated carbocycles. The highest BCUT2D eigenvalue weighted by atomic mass is 35.5. The Kier molecular flexibility index (Phi) is 5.75. The van der Waals surface area contributed by atoms with Crippen LogP contribution in [0.4, 0.5) is 5.69 Å². The van der Waals surface area contributed by atoms with Gasteiger partial charge in [-0.05, 0) is 43.3 Å². The molecule has 1 amide bonds. The molecule has 0 aliphatic rings. The molecular weight excluding hydrogens is 372 g/mol. The number of nitrogens with one attached hydrogen (secondary N) is 1. The van der Waals surface area contributed by atoms with Crippen LogP contribution in [-0.4, -0.2) is 24.6 Å². The summed E-state index contributed by atoms with van der Waals surface area (Å²) in [5, 5.41) is 5.79. The molecule has 1 heterocycles.